The third-order valence-electron chi connectivity index (χ3n) is 14.8. The van der Waals surface area contributed by atoms with E-state index in [0.29, 0.717) is 0 Å². The van der Waals surface area contributed by atoms with Gasteiger partial charge in [0.15, 0.2) is 55.2 Å². The van der Waals surface area contributed by atoms with E-state index in [9.17, 15) is 0 Å². The minimum atomic E-state index is 1.03. The van der Waals surface area contributed by atoms with Crippen LogP contribution < -0.4 is 22.8 Å². The molecule has 0 aliphatic carbocycles. The van der Waals surface area contributed by atoms with Gasteiger partial charge in [-0.15, -0.1) is 0 Å². The summed E-state index contributed by atoms with van der Waals surface area (Å²) < 4.78 is 23.0. The van der Waals surface area contributed by atoms with Crippen molar-refractivity contribution in [3.8, 4) is 0 Å². The molecule has 5 aromatic heterocycles. The second-order valence-corrected chi connectivity index (χ2v) is 18.6. The van der Waals surface area contributed by atoms with Crippen LogP contribution in [-0.4, -0.2) is 22.8 Å². The second-order valence-electron chi connectivity index (χ2n) is 18.6. The van der Waals surface area contributed by atoms with Gasteiger partial charge in [0.25, 0.3) is 29.1 Å². The molecule has 10 aromatic rings. The summed E-state index contributed by atoms with van der Waals surface area (Å²) in [5.74, 6) is 6.57. The third kappa shape index (κ3) is 9.86. The van der Waals surface area contributed by atoms with E-state index in [4.69, 9.17) is 0 Å². The zero-order chi connectivity index (χ0) is 50.6. The van der Waals surface area contributed by atoms with Crippen LogP contribution in [0.5, 0.6) is 0 Å². The van der Waals surface area contributed by atoms with Gasteiger partial charge >= 0.3 is 0 Å². The molecule has 0 saturated carbocycles. The molecule has 0 aliphatic heterocycles. The van der Waals surface area contributed by atoms with E-state index in [-0.39, 0.29) is 0 Å². The number of hydrogen-bond donors (Lipinski definition) is 0. The first-order chi connectivity index (χ1) is 32.9. The molecule has 0 amide bonds. The molecule has 10 nitrogen and oxygen atoms in total. The van der Waals surface area contributed by atoms with Crippen LogP contribution in [0.3, 0.4) is 0 Å². The molecule has 0 N–H and O–H groups in total. The largest absolute Gasteiger partial charge is 0.253 e. The summed E-state index contributed by atoms with van der Waals surface area (Å²) in [4.78, 5) is 0. The monoisotopic (exact) mass is 932 g/mol. The average molecular weight is 932 g/mol. The Kier molecular flexibility index (Phi) is 16.4. The Labute approximate surface area is 412 Å². The third-order valence-corrected chi connectivity index (χ3v) is 14.8. The highest BCUT2D eigenvalue weighted by atomic mass is 15.2. The lowest BCUT2D eigenvalue weighted by Crippen LogP contribution is -2.35. The summed E-state index contributed by atoms with van der Waals surface area (Å²) in [6.07, 6.45) is 0. The van der Waals surface area contributed by atoms with Crippen LogP contribution in [0.4, 0.5) is 0 Å². The number of benzene rings is 5. The Morgan fingerprint density at radius 1 is 0.362 bits per heavy atom. The first-order valence-electron chi connectivity index (χ1n) is 25.1. The van der Waals surface area contributed by atoms with E-state index in [0.717, 1.165) is 32.7 Å². The average Bonchev–Trinajstić information content (AvgIpc) is 4.02. The smallest absolute Gasteiger partial charge is 0.230 e. The predicted octanol–water partition coefficient (Wildman–Crippen LogP) is 10.2. The number of imidazole rings is 5. The molecular formula is C59H83N10+5. The number of nitrogens with zero attached hydrogens (tertiary/aromatic N) is 10. The van der Waals surface area contributed by atoms with E-state index < -0.39 is 0 Å². The second kappa shape index (κ2) is 21.8. The Hall–Kier alpha value is -6.55. The standard InChI is InChI=1S/4C12H17N2.C11H15N2/c1-5-14-10(3)13(4)12-8-9(2)6-7-11(12)14;1-5-14-10(3)13(4)11-7-6-9(2)8-12(11)14;1-5-14-10(3)13(4)12-9(2)7-6-8-11(12)14;1-5-14-10(3)13(4)11-8-6-7-9(2)12(11)14;1-4-13-9(2)12(3)10-7-5-6-8-11(10)13/h4*6-8H,5H2,1-4H3;5-8H,4H2,1-3H3/q5*+1. The normalized spacial score (nSPS) is 11.1. The predicted molar refractivity (Wildman–Crippen MR) is 287 cm³/mol. The van der Waals surface area contributed by atoms with Crippen molar-refractivity contribution < 1.29 is 22.8 Å². The molecule has 0 aliphatic rings. The fourth-order valence-electron chi connectivity index (χ4n) is 10.4. The molecule has 0 atom stereocenters. The number of aryl methyl sites for hydroxylation is 14. The van der Waals surface area contributed by atoms with Crippen LogP contribution in [0.15, 0.2) is 97.1 Å². The molecule has 10 rings (SSSR count). The topological polar surface area (TPSA) is 44.0 Å². The van der Waals surface area contributed by atoms with Crippen molar-refractivity contribution in [3.05, 3.63) is 148 Å². The minimum absolute atomic E-state index is 1.03. The minimum Gasteiger partial charge on any atom is -0.230 e. The molecule has 5 heterocycles. The van der Waals surface area contributed by atoms with E-state index in [1.54, 1.807) is 0 Å². The number of fused-ring (bicyclic) bond motifs is 5. The number of rotatable bonds is 5. The van der Waals surface area contributed by atoms with Crippen molar-refractivity contribution in [2.45, 2.75) is 130 Å². The SMILES string of the molecule is CC[n+]1c(C)n(C)c2cc(C)ccc21.CC[n+]1c(C)n(C)c2cccc(C)c21.CCn1c(C)[n+](C)c2c(C)cccc21.CCn1c(C)[n+](C)c2ccc(C)cc21.CCn1c(C)[n+](C)c2ccccc21. The van der Waals surface area contributed by atoms with Gasteiger partial charge in [0.2, 0.25) is 0 Å². The van der Waals surface area contributed by atoms with Crippen molar-refractivity contribution in [1.82, 2.24) is 22.8 Å². The van der Waals surface area contributed by atoms with Crippen molar-refractivity contribution in [3.63, 3.8) is 0 Å². The molecule has 0 spiro atoms. The van der Waals surface area contributed by atoms with E-state index >= 15 is 0 Å². The van der Waals surface area contributed by atoms with Crippen molar-refractivity contribution in [1.29, 1.82) is 0 Å². The molecule has 0 unspecified atom stereocenters. The van der Waals surface area contributed by atoms with Gasteiger partial charge in [-0.25, -0.2) is 45.7 Å². The fraction of sp³-hybridized carbons (Fsp3) is 0.407. The lowest BCUT2D eigenvalue weighted by Gasteiger charge is -1.96. The van der Waals surface area contributed by atoms with Crippen LogP contribution >= 0.6 is 0 Å². The Bertz CT molecular complexity index is 3410. The molecule has 5 aromatic carbocycles. The molecule has 364 valence electrons. The highest BCUT2D eigenvalue weighted by molar-refractivity contribution is 5.77. The molecule has 10 heteroatoms. The Balaban J connectivity index is 0.000000142. The fourth-order valence-corrected chi connectivity index (χ4v) is 10.4. The number of para-hydroxylation sites is 4. The summed E-state index contributed by atoms with van der Waals surface area (Å²) in [5, 5.41) is 0. The zero-order valence-electron chi connectivity index (χ0n) is 45.7. The summed E-state index contributed by atoms with van der Waals surface area (Å²) >= 11 is 0. The highest BCUT2D eigenvalue weighted by Gasteiger charge is 2.22. The zero-order valence-corrected chi connectivity index (χ0v) is 45.7. The van der Waals surface area contributed by atoms with Gasteiger partial charge in [0.05, 0.1) is 68.0 Å². The molecule has 0 saturated heterocycles. The molecule has 0 bridgehead atoms. The van der Waals surface area contributed by atoms with Gasteiger partial charge in [0, 0.05) is 45.7 Å². The van der Waals surface area contributed by atoms with Crippen LogP contribution in [0.1, 0.15) is 86.0 Å². The van der Waals surface area contributed by atoms with Crippen molar-refractivity contribution in [2.24, 2.45) is 35.2 Å². The molecular weight excluding hydrogens is 849 g/mol. The highest BCUT2D eigenvalue weighted by Crippen LogP contribution is 2.20. The van der Waals surface area contributed by atoms with Gasteiger partial charge in [-0.1, -0.05) is 48.5 Å². The lowest BCUT2D eigenvalue weighted by atomic mass is 10.2. The van der Waals surface area contributed by atoms with Gasteiger partial charge in [0.1, 0.15) is 0 Å². The van der Waals surface area contributed by atoms with E-state index in [1.807, 2.05) is 0 Å². The van der Waals surface area contributed by atoms with Crippen LogP contribution in [0.2, 0.25) is 0 Å². The summed E-state index contributed by atoms with van der Waals surface area (Å²) in [6, 6.07) is 34.7. The molecule has 69 heavy (non-hydrogen) atoms. The van der Waals surface area contributed by atoms with Crippen LogP contribution in [0.25, 0.3) is 55.2 Å². The van der Waals surface area contributed by atoms with Crippen molar-refractivity contribution >= 4 is 55.2 Å². The maximum Gasteiger partial charge on any atom is 0.253 e. The van der Waals surface area contributed by atoms with Crippen molar-refractivity contribution in [2.75, 3.05) is 0 Å². The van der Waals surface area contributed by atoms with E-state index in [2.05, 4.69) is 275 Å². The quantitative estimate of drug-likeness (QED) is 0.154. The number of hydrogen-bond acceptors (Lipinski definition) is 0. The number of aromatic nitrogens is 10. The molecule has 0 fully saturated rings. The lowest BCUT2D eigenvalue weighted by molar-refractivity contribution is -0.675. The summed E-state index contributed by atoms with van der Waals surface area (Å²) in [7, 11) is 10.6. The maximum absolute atomic E-state index is 2.37. The Morgan fingerprint density at radius 2 is 0.783 bits per heavy atom. The van der Waals surface area contributed by atoms with Crippen LogP contribution in [-0.2, 0) is 68.0 Å². The Morgan fingerprint density at radius 3 is 1.35 bits per heavy atom. The first-order valence-corrected chi connectivity index (χ1v) is 25.1. The van der Waals surface area contributed by atoms with Gasteiger partial charge < -0.3 is 0 Å². The maximum atomic E-state index is 2.37. The first kappa shape index (κ1) is 51.8. The van der Waals surface area contributed by atoms with Crippen LogP contribution in [0, 0.1) is 62.3 Å². The summed E-state index contributed by atoms with van der Waals surface area (Å²) in [5.41, 5.74) is 18.7. The summed E-state index contributed by atoms with van der Waals surface area (Å²) in [6.45, 7) is 35.6. The van der Waals surface area contributed by atoms with Gasteiger partial charge in [-0.05, 0) is 122 Å². The van der Waals surface area contributed by atoms with E-state index in [1.165, 1.54) is 107 Å². The molecule has 0 radical (unpaired) electrons. The van der Waals surface area contributed by atoms with Gasteiger partial charge in [-0.2, -0.15) is 0 Å². The van der Waals surface area contributed by atoms with Gasteiger partial charge in [-0.3, -0.25) is 0 Å².